The van der Waals surface area contributed by atoms with E-state index >= 15 is 0 Å². The molecule has 0 saturated carbocycles. The van der Waals surface area contributed by atoms with Gasteiger partial charge in [-0.2, -0.15) is 0 Å². The third-order valence-corrected chi connectivity index (χ3v) is 1.48. The Morgan fingerprint density at radius 3 is 2.43 bits per heavy atom. The molecule has 1 N–H and O–H groups in total. The molecule has 0 atom stereocenters. The Morgan fingerprint density at radius 1 is 1.36 bits per heavy atom. The highest BCUT2D eigenvalue weighted by Crippen LogP contribution is 2.20. The van der Waals surface area contributed by atoms with Crippen LogP contribution in [0.4, 0.5) is 8.78 Å². The molecule has 3 nitrogen and oxygen atoms in total. The van der Waals surface area contributed by atoms with E-state index in [1.165, 1.54) is 6.07 Å². The maximum absolute atomic E-state index is 12.9. The first kappa shape index (κ1) is 10.4. The maximum atomic E-state index is 12.9. The molecule has 0 aromatic heterocycles. The van der Waals surface area contributed by atoms with Crippen molar-refractivity contribution in [2.45, 2.75) is 6.42 Å². The normalized spacial score (nSPS) is 9.86. The van der Waals surface area contributed by atoms with Crippen LogP contribution in [-0.2, 0) is 4.79 Å². The first-order chi connectivity index (χ1) is 6.61. The van der Waals surface area contributed by atoms with Crippen LogP contribution in [0.2, 0.25) is 0 Å². The smallest absolute Gasteiger partial charge is 0.306 e. The average Bonchev–Trinajstić information content (AvgIpc) is 2.09. The summed E-state index contributed by atoms with van der Waals surface area (Å²) in [6, 6.07) is 3.28. The van der Waals surface area contributed by atoms with Gasteiger partial charge in [0.25, 0.3) is 0 Å². The highest BCUT2D eigenvalue weighted by atomic mass is 19.1. The number of para-hydroxylation sites is 1. The number of hydrogen-bond donors (Lipinski definition) is 1. The van der Waals surface area contributed by atoms with Crippen LogP contribution < -0.4 is 4.74 Å². The van der Waals surface area contributed by atoms with Gasteiger partial charge in [-0.15, -0.1) is 0 Å². The topological polar surface area (TPSA) is 46.5 Å². The lowest BCUT2D eigenvalue weighted by Gasteiger charge is -2.05. The number of rotatable bonds is 4. The fraction of sp³-hybridized carbons (Fsp3) is 0.222. The van der Waals surface area contributed by atoms with Crippen molar-refractivity contribution in [3.05, 3.63) is 29.8 Å². The summed E-state index contributed by atoms with van der Waals surface area (Å²) in [4.78, 5) is 10.1. The van der Waals surface area contributed by atoms with E-state index in [0.717, 1.165) is 12.1 Å². The predicted molar refractivity (Wildman–Crippen MR) is 44.1 cm³/mol. The van der Waals surface area contributed by atoms with Crippen LogP contribution in [0.1, 0.15) is 6.42 Å². The Kier molecular flexibility index (Phi) is 3.39. The Hall–Kier alpha value is -1.65. The lowest BCUT2D eigenvalue weighted by atomic mass is 10.3. The molecule has 0 aliphatic rings. The molecule has 1 aromatic rings. The van der Waals surface area contributed by atoms with Crippen LogP contribution in [0.15, 0.2) is 18.2 Å². The van der Waals surface area contributed by atoms with E-state index in [1.807, 2.05) is 0 Å². The Labute approximate surface area is 78.9 Å². The molecule has 0 bridgehead atoms. The van der Waals surface area contributed by atoms with Gasteiger partial charge in [-0.3, -0.25) is 4.79 Å². The molecule has 0 spiro atoms. The summed E-state index contributed by atoms with van der Waals surface area (Å²) in [5, 5.41) is 8.26. The monoisotopic (exact) mass is 202 g/mol. The van der Waals surface area contributed by atoms with E-state index in [2.05, 4.69) is 4.74 Å². The van der Waals surface area contributed by atoms with Crippen molar-refractivity contribution < 1.29 is 23.4 Å². The van der Waals surface area contributed by atoms with Gasteiger partial charge in [-0.05, 0) is 12.1 Å². The highest BCUT2D eigenvalue weighted by Gasteiger charge is 2.09. The van der Waals surface area contributed by atoms with E-state index in [9.17, 15) is 13.6 Å². The van der Waals surface area contributed by atoms with Crippen molar-refractivity contribution in [3.63, 3.8) is 0 Å². The van der Waals surface area contributed by atoms with Gasteiger partial charge in [-0.25, -0.2) is 8.78 Å². The number of carbonyl (C=O) groups is 1. The number of carboxylic acid groups (broad SMARTS) is 1. The van der Waals surface area contributed by atoms with Gasteiger partial charge in [0.05, 0.1) is 13.0 Å². The van der Waals surface area contributed by atoms with Gasteiger partial charge in [0.1, 0.15) is 0 Å². The standard InChI is InChI=1S/C9H8F2O3/c10-6-2-1-3-7(11)9(6)14-5-4-8(12)13/h1-3H,4-5H2,(H,12,13). The largest absolute Gasteiger partial charge is 0.487 e. The van der Waals surface area contributed by atoms with Gasteiger partial charge in [0, 0.05) is 0 Å². The molecule has 0 aliphatic carbocycles. The summed E-state index contributed by atoms with van der Waals surface area (Å²) in [6.07, 6.45) is -0.298. The van der Waals surface area contributed by atoms with Gasteiger partial charge < -0.3 is 9.84 Å². The Morgan fingerprint density at radius 2 is 1.93 bits per heavy atom. The van der Waals surface area contributed by atoms with E-state index in [0.29, 0.717) is 0 Å². The number of ether oxygens (including phenoxy) is 1. The van der Waals surface area contributed by atoms with E-state index in [-0.39, 0.29) is 13.0 Å². The molecule has 0 amide bonds. The van der Waals surface area contributed by atoms with E-state index in [1.54, 1.807) is 0 Å². The van der Waals surface area contributed by atoms with Crippen LogP contribution in [0, 0.1) is 11.6 Å². The number of hydrogen-bond acceptors (Lipinski definition) is 2. The third-order valence-electron chi connectivity index (χ3n) is 1.48. The van der Waals surface area contributed by atoms with Gasteiger partial charge in [0.2, 0.25) is 0 Å². The molecule has 76 valence electrons. The molecule has 1 rings (SSSR count). The first-order valence-corrected chi connectivity index (χ1v) is 3.90. The molecular weight excluding hydrogens is 194 g/mol. The molecule has 0 saturated heterocycles. The van der Waals surface area contributed by atoms with Crippen LogP contribution in [0.3, 0.4) is 0 Å². The maximum Gasteiger partial charge on any atom is 0.306 e. The van der Waals surface area contributed by atoms with Crippen molar-refractivity contribution in [1.82, 2.24) is 0 Å². The van der Waals surface area contributed by atoms with Gasteiger partial charge in [0.15, 0.2) is 17.4 Å². The summed E-state index contributed by atoms with van der Waals surface area (Å²) in [7, 11) is 0. The van der Waals surface area contributed by atoms with Crippen LogP contribution in [0.25, 0.3) is 0 Å². The quantitative estimate of drug-likeness (QED) is 0.809. The minimum Gasteiger partial charge on any atom is -0.487 e. The first-order valence-electron chi connectivity index (χ1n) is 3.90. The summed E-state index contributed by atoms with van der Waals surface area (Å²) in [5.74, 6) is -3.29. The Bertz CT molecular complexity index is 319. The molecule has 0 radical (unpaired) electrons. The Balaban J connectivity index is 2.62. The van der Waals surface area contributed by atoms with E-state index in [4.69, 9.17) is 5.11 Å². The minimum atomic E-state index is -1.08. The summed E-state index contributed by atoms with van der Waals surface area (Å²) in [6.45, 7) is -0.257. The zero-order valence-electron chi connectivity index (χ0n) is 7.17. The fourth-order valence-electron chi connectivity index (χ4n) is 0.861. The SMILES string of the molecule is O=C(O)CCOc1c(F)cccc1F. The van der Waals surface area contributed by atoms with Crippen molar-refractivity contribution in [1.29, 1.82) is 0 Å². The number of carboxylic acids is 1. The zero-order valence-corrected chi connectivity index (χ0v) is 7.17. The lowest BCUT2D eigenvalue weighted by Crippen LogP contribution is -2.06. The van der Waals surface area contributed by atoms with Crippen molar-refractivity contribution in [2.24, 2.45) is 0 Å². The average molecular weight is 202 g/mol. The summed E-state index contributed by atoms with van der Waals surface area (Å²) in [5.41, 5.74) is 0. The van der Waals surface area contributed by atoms with Crippen molar-refractivity contribution in [3.8, 4) is 5.75 Å². The lowest BCUT2D eigenvalue weighted by molar-refractivity contribution is -0.137. The second-order valence-corrected chi connectivity index (χ2v) is 2.54. The third kappa shape index (κ3) is 2.69. The summed E-state index contributed by atoms with van der Waals surface area (Å²) >= 11 is 0. The molecule has 0 heterocycles. The number of halogens is 2. The van der Waals surface area contributed by atoms with Crippen LogP contribution in [0.5, 0.6) is 5.75 Å². The second kappa shape index (κ2) is 4.55. The molecule has 1 aromatic carbocycles. The van der Waals surface area contributed by atoms with E-state index < -0.39 is 23.4 Å². The van der Waals surface area contributed by atoms with Crippen molar-refractivity contribution >= 4 is 5.97 Å². The van der Waals surface area contributed by atoms with Gasteiger partial charge >= 0.3 is 5.97 Å². The molecule has 0 aliphatic heterocycles. The molecule has 5 heteroatoms. The molecule has 14 heavy (non-hydrogen) atoms. The minimum absolute atomic E-state index is 0.257. The van der Waals surface area contributed by atoms with Crippen LogP contribution >= 0.6 is 0 Å². The number of benzene rings is 1. The molecule has 0 fully saturated rings. The molecule has 0 unspecified atom stereocenters. The second-order valence-electron chi connectivity index (χ2n) is 2.54. The van der Waals surface area contributed by atoms with Crippen LogP contribution in [-0.4, -0.2) is 17.7 Å². The van der Waals surface area contributed by atoms with Crippen molar-refractivity contribution in [2.75, 3.05) is 6.61 Å². The molecular formula is C9H8F2O3. The fourth-order valence-corrected chi connectivity index (χ4v) is 0.861. The van der Waals surface area contributed by atoms with Gasteiger partial charge in [-0.1, -0.05) is 6.07 Å². The highest BCUT2D eigenvalue weighted by molar-refractivity contribution is 5.66. The predicted octanol–water partition coefficient (Wildman–Crippen LogP) is 1.82. The number of aliphatic carboxylic acids is 1. The zero-order chi connectivity index (χ0) is 10.6. The summed E-state index contributed by atoms with van der Waals surface area (Å²) < 4.78 is 30.4.